The Hall–Kier alpha value is -2.07. The van der Waals surface area contributed by atoms with Gasteiger partial charge < -0.3 is 15.4 Å². The quantitative estimate of drug-likeness (QED) is 0.816. The minimum Gasteiger partial charge on any atom is -0.491 e. The van der Waals surface area contributed by atoms with Crippen molar-refractivity contribution in [1.29, 1.82) is 0 Å². The van der Waals surface area contributed by atoms with Crippen LogP contribution in [0.4, 0.5) is 5.69 Å². The van der Waals surface area contributed by atoms with Crippen molar-refractivity contribution in [1.82, 2.24) is 5.32 Å². The van der Waals surface area contributed by atoms with E-state index in [4.69, 9.17) is 17.0 Å². The van der Waals surface area contributed by atoms with Crippen molar-refractivity contribution in [2.24, 2.45) is 0 Å². The molecule has 0 amide bonds. The average molecular weight is 314 g/mol. The van der Waals surface area contributed by atoms with Gasteiger partial charge >= 0.3 is 0 Å². The van der Waals surface area contributed by atoms with E-state index >= 15 is 0 Å². The Morgan fingerprint density at radius 3 is 2.50 bits per heavy atom. The maximum Gasteiger partial charge on any atom is 0.171 e. The van der Waals surface area contributed by atoms with Gasteiger partial charge in [0.1, 0.15) is 12.4 Å². The molecule has 0 aliphatic carbocycles. The third kappa shape index (κ3) is 5.37. The fourth-order valence-corrected chi connectivity index (χ4v) is 2.33. The van der Waals surface area contributed by atoms with E-state index in [9.17, 15) is 0 Å². The molecule has 0 aliphatic rings. The van der Waals surface area contributed by atoms with E-state index < -0.39 is 0 Å². The fraction of sp³-hybridized carbons (Fsp3) is 0.278. The first-order valence-corrected chi connectivity index (χ1v) is 7.77. The van der Waals surface area contributed by atoms with Crippen molar-refractivity contribution in [2.45, 2.75) is 26.8 Å². The minimum absolute atomic E-state index is 0.117. The number of ether oxygens (including phenoxy) is 1. The predicted octanol–water partition coefficient (Wildman–Crippen LogP) is 4.06. The zero-order valence-electron chi connectivity index (χ0n) is 13.2. The van der Waals surface area contributed by atoms with Gasteiger partial charge in [-0.1, -0.05) is 29.8 Å². The molecular formula is C18H22N2OS. The topological polar surface area (TPSA) is 33.3 Å². The van der Waals surface area contributed by atoms with E-state index in [1.807, 2.05) is 43.3 Å². The molecule has 22 heavy (non-hydrogen) atoms. The summed E-state index contributed by atoms with van der Waals surface area (Å²) in [6.45, 7) is 6.71. The molecule has 0 bridgehead atoms. The lowest BCUT2D eigenvalue weighted by Gasteiger charge is -2.18. The Kier molecular flexibility index (Phi) is 5.78. The van der Waals surface area contributed by atoms with Crippen LogP contribution in [0.1, 0.15) is 18.1 Å². The zero-order chi connectivity index (χ0) is 15.9. The summed E-state index contributed by atoms with van der Waals surface area (Å²) in [6.07, 6.45) is 0. The molecule has 0 aliphatic heterocycles. The Morgan fingerprint density at radius 2 is 1.82 bits per heavy atom. The first-order valence-electron chi connectivity index (χ1n) is 7.36. The average Bonchev–Trinajstić information content (AvgIpc) is 2.46. The highest BCUT2D eigenvalue weighted by Gasteiger charge is 2.05. The lowest BCUT2D eigenvalue weighted by molar-refractivity contribution is 0.287. The van der Waals surface area contributed by atoms with Crippen LogP contribution in [0.3, 0.4) is 0 Å². The highest BCUT2D eigenvalue weighted by atomic mass is 32.1. The molecule has 0 aromatic heterocycles. The Balaban J connectivity index is 1.77. The summed E-state index contributed by atoms with van der Waals surface area (Å²) in [7, 11) is 0. The zero-order valence-corrected chi connectivity index (χ0v) is 14.0. The molecule has 0 heterocycles. The SMILES string of the molecule is Cc1ccc(OC[C@@H](C)NC(=S)Nc2cccc(C)c2)cc1. The number of aryl methyl sites for hydroxylation is 2. The van der Waals surface area contributed by atoms with E-state index in [2.05, 4.69) is 36.6 Å². The maximum absolute atomic E-state index is 5.74. The molecule has 2 aromatic rings. The molecule has 0 fully saturated rings. The first-order chi connectivity index (χ1) is 10.5. The molecule has 2 aromatic carbocycles. The Labute approximate surface area is 137 Å². The summed E-state index contributed by atoms with van der Waals surface area (Å²) in [6, 6.07) is 16.3. The summed E-state index contributed by atoms with van der Waals surface area (Å²) >= 11 is 5.33. The van der Waals surface area contributed by atoms with Crippen molar-refractivity contribution in [3.05, 3.63) is 59.7 Å². The molecule has 3 nitrogen and oxygen atoms in total. The van der Waals surface area contributed by atoms with Crippen LogP contribution in [0, 0.1) is 13.8 Å². The molecule has 2 N–H and O–H groups in total. The molecule has 0 spiro atoms. The summed E-state index contributed by atoms with van der Waals surface area (Å²) < 4.78 is 5.74. The molecule has 0 unspecified atom stereocenters. The van der Waals surface area contributed by atoms with Gasteiger partial charge in [0.25, 0.3) is 0 Å². The molecule has 116 valence electrons. The van der Waals surface area contributed by atoms with E-state index in [-0.39, 0.29) is 6.04 Å². The number of nitrogens with one attached hydrogen (secondary N) is 2. The van der Waals surface area contributed by atoms with Crippen LogP contribution in [-0.2, 0) is 0 Å². The van der Waals surface area contributed by atoms with E-state index in [0.29, 0.717) is 11.7 Å². The second-order valence-corrected chi connectivity index (χ2v) is 5.90. The van der Waals surface area contributed by atoms with Gasteiger partial charge in [0, 0.05) is 5.69 Å². The van der Waals surface area contributed by atoms with Gasteiger partial charge in [0.05, 0.1) is 6.04 Å². The lowest BCUT2D eigenvalue weighted by atomic mass is 10.2. The molecule has 2 rings (SSSR count). The standard InChI is InChI=1S/C18H22N2OS/c1-13-7-9-17(10-8-13)21-12-15(3)19-18(22)20-16-6-4-5-14(2)11-16/h4-11,15H,12H2,1-3H3,(H2,19,20,22)/t15-/m1/s1. The largest absolute Gasteiger partial charge is 0.491 e. The van der Waals surface area contributed by atoms with Crippen LogP contribution < -0.4 is 15.4 Å². The van der Waals surface area contributed by atoms with Gasteiger partial charge in [0.2, 0.25) is 0 Å². The second-order valence-electron chi connectivity index (χ2n) is 5.49. The Bertz CT molecular complexity index is 625. The van der Waals surface area contributed by atoms with Crippen molar-refractivity contribution < 1.29 is 4.74 Å². The molecule has 4 heteroatoms. The van der Waals surface area contributed by atoms with Crippen molar-refractivity contribution in [3.63, 3.8) is 0 Å². The van der Waals surface area contributed by atoms with E-state index in [1.165, 1.54) is 11.1 Å². The molecule has 0 radical (unpaired) electrons. The minimum atomic E-state index is 0.117. The summed E-state index contributed by atoms with van der Waals surface area (Å²) in [5, 5.41) is 7.01. The van der Waals surface area contributed by atoms with Gasteiger partial charge in [0.15, 0.2) is 5.11 Å². The van der Waals surface area contributed by atoms with E-state index in [0.717, 1.165) is 11.4 Å². The van der Waals surface area contributed by atoms with Crippen LogP contribution in [0.2, 0.25) is 0 Å². The number of hydrogen-bond donors (Lipinski definition) is 2. The van der Waals surface area contributed by atoms with Crippen LogP contribution in [-0.4, -0.2) is 17.8 Å². The van der Waals surface area contributed by atoms with Gasteiger partial charge in [-0.15, -0.1) is 0 Å². The number of rotatable bonds is 5. The smallest absolute Gasteiger partial charge is 0.171 e. The maximum atomic E-state index is 5.74. The monoisotopic (exact) mass is 314 g/mol. The van der Waals surface area contributed by atoms with Crippen LogP contribution in [0.15, 0.2) is 48.5 Å². The molecule has 0 saturated carbocycles. The third-order valence-electron chi connectivity index (χ3n) is 3.17. The van der Waals surface area contributed by atoms with Gasteiger partial charge in [-0.25, -0.2) is 0 Å². The number of benzene rings is 2. The summed E-state index contributed by atoms with van der Waals surface area (Å²) in [5.74, 6) is 0.872. The normalized spacial score (nSPS) is 11.6. The van der Waals surface area contributed by atoms with Crippen molar-refractivity contribution in [3.8, 4) is 5.75 Å². The first kappa shape index (κ1) is 16.3. The summed E-state index contributed by atoms with van der Waals surface area (Å²) in [4.78, 5) is 0. The van der Waals surface area contributed by atoms with E-state index in [1.54, 1.807) is 0 Å². The van der Waals surface area contributed by atoms with Crippen LogP contribution >= 0.6 is 12.2 Å². The molecule has 0 saturated heterocycles. The van der Waals surface area contributed by atoms with Crippen LogP contribution in [0.25, 0.3) is 0 Å². The highest BCUT2D eigenvalue weighted by Crippen LogP contribution is 2.12. The van der Waals surface area contributed by atoms with Crippen LogP contribution in [0.5, 0.6) is 5.75 Å². The lowest BCUT2D eigenvalue weighted by Crippen LogP contribution is -2.39. The van der Waals surface area contributed by atoms with Crippen molar-refractivity contribution >= 4 is 23.0 Å². The van der Waals surface area contributed by atoms with Gasteiger partial charge in [-0.3, -0.25) is 0 Å². The molecular weight excluding hydrogens is 292 g/mol. The summed E-state index contributed by atoms with van der Waals surface area (Å²) in [5.41, 5.74) is 3.41. The van der Waals surface area contributed by atoms with Gasteiger partial charge in [-0.2, -0.15) is 0 Å². The predicted molar refractivity (Wildman–Crippen MR) is 96.7 cm³/mol. The molecule has 1 atom stereocenters. The number of anilines is 1. The highest BCUT2D eigenvalue weighted by molar-refractivity contribution is 7.80. The van der Waals surface area contributed by atoms with Gasteiger partial charge in [-0.05, 0) is 62.8 Å². The Morgan fingerprint density at radius 1 is 1.09 bits per heavy atom. The second kappa shape index (κ2) is 7.80. The fourth-order valence-electron chi connectivity index (χ4n) is 2.01. The number of hydrogen-bond acceptors (Lipinski definition) is 2. The number of thiocarbonyl (C=S) groups is 1. The van der Waals surface area contributed by atoms with Crippen molar-refractivity contribution in [2.75, 3.05) is 11.9 Å². The third-order valence-corrected chi connectivity index (χ3v) is 3.39.